The summed E-state index contributed by atoms with van der Waals surface area (Å²) in [7, 11) is 2.61. The maximum absolute atomic E-state index is 12.6. The second-order valence-electron chi connectivity index (χ2n) is 5.84. The molecule has 3 rings (SSSR count). The molecule has 0 N–H and O–H groups in total. The first-order chi connectivity index (χ1) is 13.4. The maximum atomic E-state index is 12.6. The van der Waals surface area contributed by atoms with Crippen LogP contribution in [0.1, 0.15) is 16.7 Å². The zero-order valence-electron chi connectivity index (χ0n) is 15.4. The molecule has 0 radical (unpaired) electrons. The standard InChI is InChI=1S/C20H17F2NO5/c1-11-5-4-6-13(7-11)18-23-14(19(24)28-18)8-12-9-15(25-2)17(27-20(21)22)16(10-12)26-3/h4-10,20H,1-3H3/b14-8-. The first-order valence-corrected chi connectivity index (χ1v) is 8.21. The average Bonchev–Trinajstić information content (AvgIpc) is 3.02. The van der Waals surface area contributed by atoms with E-state index in [2.05, 4.69) is 9.73 Å². The Hall–Kier alpha value is -3.42. The van der Waals surface area contributed by atoms with Crippen molar-refractivity contribution in [1.82, 2.24) is 0 Å². The number of halogens is 2. The quantitative estimate of drug-likeness (QED) is 0.553. The fraction of sp³-hybridized carbons (Fsp3) is 0.200. The molecule has 6 nitrogen and oxygen atoms in total. The molecule has 0 fully saturated rings. The van der Waals surface area contributed by atoms with Crippen molar-refractivity contribution in [3.05, 3.63) is 58.8 Å². The van der Waals surface area contributed by atoms with Crippen molar-refractivity contribution >= 4 is 17.9 Å². The van der Waals surface area contributed by atoms with Crippen LogP contribution in [-0.4, -0.2) is 32.7 Å². The van der Waals surface area contributed by atoms with Crippen LogP contribution in [0.2, 0.25) is 0 Å². The molecule has 0 atom stereocenters. The molecule has 0 saturated heterocycles. The highest BCUT2D eigenvalue weighted by molar-refractivity contribution is 6.12. The number of cyclic esters (lactones) is 1. The Morgan fingerprint density at radius 1 is 1.11 bits per heavy atom. The van der Waals surface area contributed by atoms with Crippen LogP contribution in [0, 0.1) is 6.92 Å². The second-order valence-corrected chi connectivity index (χ2v) is 5.84. The number of carbonyl (C=O) groups excluding carboxylic acids is 1. The van der Waals surface area contributed by atoms with Gasteiger partial charge < -0.3 is 18.9 Å². The summed E-state index contributed by atoms with van der Waals surface area (Å²) in [6, 6.07) is 10.2. The maximum Gasteiger partial charge on any atom is 0.387 e. The summed E-state index contributed by atoms with van der Waals surface area (Å²) in [5, 5.41) is 0. The predicted octanol–water partition coefficient (Wildman–Crippen LogP) is 3.96. The Morgan fingerprint density at radius 3 is 2.36 bits per heavy atom. The zero-order valence-corrected chi connectivity index (χ0v) is 15.4. The highest BCUT2D eigenvalue weighted by atomic mass is 19.3. The van der Waals surface area contributed by atoms with Crippen LogP contribution in [0.15, 0.2) is 47.1 Å². The Balaban J connectivity index is 1.99. The van der Waals surface area contributed by atoms with Crippen LogP contribution in [0.4, 0.5) is 8.78 Å². The van der Waals surface area contributed by atoms with Crippen molar-refractivity contribution in [2.45, 2.75) is 13.5 Å². The Labute approximate surface area is 160 Å². The number of alkyl halides is 2. The lowest BCUT2D eigenvalue weighted by atomic mass is 10.1. The van der Waals surface area contributed by atoms with E-state index in [-0.39, 0.29) is 28.8 Å². The van der Waals surface area contributed by atoms with Gasteiger partial charge in [-0.1, -0.05) is 17.7 Å². The fourth-order valence-electron chi connectivity index (χ4n) is 2.66. The van der Waals surface area contributed by atoms with Gasteiger partial charge in [-0.2, -0.15) is 8.78 Å². The minimum Gasteiger partial charge on any atom is -0.493 e. The molecule has 1 aliphatic rings. The Morgan fingerprint density at radius 2 is 1.79 bits per heavy atom. The first-order valence-electron chi connectivity index (χ1n) is 8.21. The molecule has 0 bridgehead atoms. The minimum absolute atomic E-state index is 0.0285. The zero-order chi connectivity index (χ0) is 20.3. The van der Waals surface area contributed by atoms with Crippen molar-refractivity contribution in [2.75, 3.05) is 14.2 Å². The van der Waals surface area contributed by atoms with Crippen molar-refractivity contribution in [3.8, 4) is 17.2 Å². The number of methoxy groups -OCH3 is 2. The molecular formula is C20H17F2NO5. The van der Waals surface area contributed by atoms with Crippen LogP contribution >= 0.6 is 0 Å². The highest BCUT2D eigenvalue weighted by Gasteiger charge is 2.25. The molecule has 8 heteroatoms. The molecule has 28 heavy (non-hydrogen) atoms. The van der Waals surface area contributed by atoms with Gasteiger partial charge in [0.1, 0.15) is 0 Å². The minimum atomic E-state index is -3.04. The number of esters is 1. The number of aliphatic imine (C=N–C) groups is 1. The number of benzene rings is 2. The third-order valence-corrected chi connectivity index (χ3v) is 3.88. The molecule has 0 spiro atoms. The van der Waals surface area contributed by atoms with Gasteiger partial charge in [-0.3, -0.25) is 0 Å². The van der Waals surface area contributed by atoms with Gasteiger partial charge in [-0.15, -0.1) is 0 Å². The summed E-state index contributed by atoms with van der Waals surface area (Å²) in [6.45, 7) is -1.13. The van der Waals surface area contributed by atoms with Gasteiger partial charge in [0, 0.05) is 5.56 Å². The van der Waals surface area contributed by atoms with Crippen LogP contribution in [0.3, 0.4) is 0 Å². The molecule has 0 amide bonds. The van der Waals surface area contributed by atoms with E-state index in [0.717, 1.165) is 5.56 Å². The Kier molecular flexibility index (Phi) is 5.58. The number of carbonyl (C=O) groups is 1. The van der Waals surface area contributed by atoms with E-state index < -0.39 is 12.6 Å². The number of rotatable bonds is 6. The molecule has 0 aliphatic carbocycles. The molecule has 1 heterocycles. The lowest BCUT2D eigenvalue weighted by molar-refractivity contribution is -0.129. The predicted molar refractivity (Wildman–Crippen MR) is 98.0 cm³/mol. The summed E-state index contributed by atoms with van der Waals surface area (Å²) >= 11 is 0. The monoisotopic (exact) mass is 389 g/mol. The number of aryl methyl sites for hydroxylation is 1. The number of ether oxygens (including phenoxy) is 4. The Bertz CT molecular complexity index is 944. The van der Waals surface area contributed by atoms with E-state index in [9.17, 15) is 13.6 Å². The van der Waals surface area contributed by atoms with E-state index >= 15 is 0 Å². The molecule has 0 aromatic heterocycles. The SMILES string of the molecule is COc1cc(/C=C2\N=C(c3cccc(C)c3)OC2=O)cc(OC)c1OC(F)F. The summed E-state index contributed by atoms with van der Waals surface area (Å²) in [4.78, 5) is 16.4. The van der Waals surface area contributed by atoms with Crippen LogP contribution in [0.25, 0.3) is 6.08 Å². The molecule has 146 valence electrons. The molecule has 1 aliphatic heterocycles. The van der Waals surface area contributed by atoms with Crippen molar-refractivity contribution in [1.29, 1.82) is 0 Å². The van der Waals surface area contributed by atoms with Crippen LogP contribution in [0.5, 0.6) is 17.2 Å². The van der Waals surface area contributed by atoms with Gasteiger partial charge in [0.25, 0.3) is 0 Å². The van der Waals surface area contributed by atoms with Crippen molar-refractivity contribution in [2.24, 2.45) is 4.99 Å². The number of hydrogen-bond donors (Lipinski definition) is 0. The van der Waals surface area contributed by atoms with Gasteiger partial charge in [0.2, 0.25) is 11.6 Å². The van der Waals surface area contributed by atoms with E-state index in [1.807, 2.05) is 25.1 Å². The summed E-state index contributed by atoms with van der Waals surface area (Å²) in [5.74, 6) is -0.611. The van der Waals surface area contributed by atoms with Gasteiger partial charge in [0.15, 0.2) is 17.2 Å². The molecular weight excluding hydrogens is 372 g/mol. The first kappa shape index (κ1) is 19.3. The second kappa shape index (κ2) is 8.08. The number of hydrogen-bond acceptors (Lipinski definition) is 6. The van der Waals surface area contributed by atoms with Gasteiger partial charge >= 0.3 is 12.6 Å². The van der Waals surface area contributed by atoms with Gasteiger partial charge in [-0.05, 0) is 42.8 Å². The van der Waals surface area contributed by atoms with Crippen LogP contribution in [-0.2, 0) is 9.53 Å². The molecule has 2 aromatic carbocycles. The van der Waals surface area contributed by atoms with Gasteiger partial charge in [-0.25, -0.2) is 9.79 Å². The topological polar surface area (TPSA) is 66.4 Å². The average molecular weight is 389 g/mol. The summed E-state index contributed by atoms with van der Waals surface area (Å²) in [6.07, 6.45) is 1.45. The highest BCUT2D eigenvalue weighted by Crippen LogP contribution is 2.40. The summed E-state index contributed by atoms with van der Waals surface area (Å²) in [5.41, 5.74) is 2.17. The normalized spacial score (nSPS) is 14.9. The van der Waals surface area contributed by atoms with Crippen LogP contribution < -0.4 is 14.2 Å². The fourth-order valence-corrected chi connectivity index (χ4v) is 2.66. The van der Waals surface area contributed by atoms with E-state index in [4.69, 9.17) is 14.2 Å². The summed E-state index contributed by atoms with van der Waals surface area (Å²) < 4.78 is 45.2. The van der Waals surface area contributed by atoms with E-state index in [1.54, 1.807) is 6.07 Å². The molecule has 0 unspecified atom stereocenters. The van der Waals surface area contributed by atoms with Crippen molar-refractivity contribution in [3.63, 3.8) is 0 Å². The van der Waals surface area contributed by atoms with Gasteiger partial charge in [0.05, 0.1) is 14.2 Å². The van der Waals surface area contributed by atoms with E-state index in [0.29, 0.717) is 11.1 Å². The lowest BCUT2D eigenvalue weighted by Crippen LogP contribution is -2.06. The third kappa shape index (κ3) is 4.11. The largest absolute Gasteiger partial charge is 0.493 e. The lowest BCUT2D eigenvalue weighted by Gasteiger charge is -2.14. The third-order valence-electron chi connectivity index (χ3n) is 3.88. The molecule has 2 aromatic rings. The number of nitrogens with zero attached hydrogens (tertiary/aromatic N) is 1. The smallest absolute Gasteiger partial charge is 0.387 e. The van der Waals surface area contributed by atoms with Crippen molar-refractivity contribution < 1.29 is 32.5 Å². The molecule has 0 saturated carbocycles. The van der Waals surface area contributed by atoms with E-state index in [1.165, 1.54) is 32.4 Å².